The summed E-state index contributed by atoms with van der Waals surface area (Å²) in [5, 5.41) is 2.75. The van der Waals surface area contributed by atoms with E-state index in [1.165, 1.54) is 19.1 Å². The Kier molecular flexibility index (Phi) is 6.18. The lowest BCUT2D eigenvalue weighted by atomic mass is 10.1. The third-order valence-corrected chi connectivity index (χ3v) is 5.30. The Labute approximate surface area is 148 Å². The molecule has 1 fully saturated rings. The van der Waals surface area contributed by atoms with Gasteiger partial charge in [0.25, 0.3) is 5.91 Å². The van der Waals surface area contributed by atoms with Gasteiger partial charge >= 0.3 is 5.97 Å². The number of benzene rings is 1. The summed E-state index contributed by atoms with van der Waals surface area (Å²) in [6.07, 6.45) is 0.881. The summed E-state index contributed by atoms with van der Waals surface area (Å²) in [6.45, 7) is 4.88. The number of hydrogen-bond acceptors (Lipinski definition) is 5. The van der Waals surface area contributed by atoms with E-state index in [-0.39, 0.29) is 22.8 Å². The van der Waals surface area contributed by atoms with Crippen LogP contribution in [0.1, 0.15) is 33.6 Å². The lowest BCUT2D eigenvalue weighted by Crippen LogP contribution is -2.47. The van der Waals surface area contributed by atoms with Crippen molar-refractivity contribution in [3.05, 3.63) is 30.3 Å². The van der Waals surface area contributed by atoms with Crippen LogP contribution in [0.3, 0.4) is 0 Å². The molecule has 0 radical (unpaired) electrons. The van der Waals surface area contributed by atoms with Gasteiger partial charge in [0.1, 0.15) is 6.04 Å². The summed E-state index contributed by atoms with van der Waals surface area (Å²) in [5.74, 6) is -1.48. The zero-order valence-electron chi connectivity index (χ0n) is 14.6. The van der Waals surface area contributed by atoms with Crippen molar-refractivity contribution in [3.8, 4) is 0 Å². The van der Waals surface area contributed by atoms with Crippen LogP contribution in [0.5, 0.6) is 0 Å². The molecule has 2 N–H and O–H groups in total. The highest BCUT2D eigenvalue weighted by Crippen LogP contribution is 2.19. The highest BCUT2D eigenvalue weighted by Gasteiger charge is 2.33. The molecule has 1 aliphatic carbocycles. The number of rotatable bonds is 8. The van der Waals surface area contributed by atoms with Crippen LogP contribution >= 0.6 is 0 Å². The minimum Gasteiger partial charge on any atom is -0.451 e. The first-order valence-corrected chi connectivity index (χ1v) is 9.77. The topological polar surface area (TPSA) is 102 Å². The summed E-state index contributed by atoms with van der Waals surface area (Å²) in [4.78, 5) is 24.3. The number of sulfonamides is 1. The van der Waals surface area contributed by atoms with Gasteiger partial charge in [0.05, 0.1) is 4.90 Å². The van der Waals surface area contributed by atoms with Gasteiger partial charge in [0.2, 0.25) is 10.0 Å². The maximum Gasteiger partial charge on any atom is 0.325 e. The molecule has 2 rings (SSSR count). The summed E-state index contributed by atoms with van der Waals surface area (Å²) >= 11 is 0. The molecule has 0 bridgehead atoms. The first-order chi connectivity index (χ1) is 11.7. The number of ether oxygens (including phenoxy) is 1. The summed E-state index contributed by atoms with van der Waals surface area (Å²) in [7, 11) is -3.87. The first-order valence-electron chi connectivity index (χ1n) is 8.29. The van der Waals surface area contributed by atoms with E-state index in [4.69, 9.17) is 4.74 Å². The molecule has 138 valence electrons. The maximum absolute atomic E-state index is 12.4. The molecule has 7 nitrogen and oxygen atoms in total. The second-order valence-corrected chi connectivity index (χ2v) is 8.23. The average Bonchev–Trinajstić information content (AvgIpc) is 3.37. The van der Waals surface area contributed by atoms with E-state index in [0.29, 0.717) is 0 Å². The Morgan fingerprint density at radius 2 is 1.72 bits per heavy atom. The van der Waals surface area contributed by atoms with Gasteiger partial charge in [-0.3, -0.25) is 9.59 Å². The summed E-state index contributed by atoms with van der Waals surface area (Å²) < 4.78 is 32.4. The van der Waals surface area contributed by atoms with Crippen molar-refractivity contribution in [3.63, 3.8) is 0 Å². The highest BCUT2D eigenvalue weighted by atomic mass is 32.2. The predicted octanol–water partition coefficient (Wildman–Crippen LogP) is 1.20. The van der Waals surface area contributed by atoms with Gasteiger partial charge < -0.3 is 10.1 Å². The van der Waals surface area contributed by atoms with Crippen molar-refractivity contribution >= 4 is 21.9 Å². The fourth-order valence-corrected chi connectivity index (χ4v) is 3.49. The molecule has 1 aromatic rings. The smallest absolute Gasteiger partial charge is 0.325 e. The van der Waals surface area contributed by atoms with Crippen molar-refractivity contribution in [2.45, 2.75) is 56.7 Å². The van der Waals surface area contributed by atoms with Crippen LogP contribution in [-0.4, -0.2) is 38.5 Å². The monoisotopic (exact) mass is 368 g/mol. The van der Waals surface area contributed by atoms with Crippen LogP contribution in [0.4, 0.5) is 0 Å². The minimum atomic E-state index is -3.87. The summed E-state index contributed by atoms with van der Waals surface area (Å²) in [6, 6.07) is 6.86. The molecule has 0 aliphatic heterocycles. The van der Waals surface area contributed by atoms with E-state index >= 15 is 0 Å². The Balaban J connectivity index is 2.03. The van der Waals surface area contributed by atoms with E-state index in [9.17, 15) is 18.0 Å². The predicted molar refractivity (Wildman–Crippen MR) is 92.1 cm³/mol. The molecular weight excluding hydrogens is 344 g/mol. The zero-order chi connectivity index (χ0) is 18.6. The largest absolute Gasteiger partial charge is 0.451 e. The fourth-order valence-electron chi connectivity index (χ4n) is 2.14. The quantitative estimate of drug-likeness (QED) is 0.672. The van der Waals surface area contributed by atoms with Crippen molar-refractivity contribution in [2.24, 2.45) is 5.92 Å². The van der Waals surface area contributed by atoms with E-state index in [0.717, 1.165) is 12.8 Å². The second-order valence-electron chi connectivity index (χ2n) is 6.52. The van der Waals surface area contributed by atoms with E-state index < -0.39 is 28.1 Å². The lowest BCUT2D eigenvalue weighted by Gasteiger charge is -2.22. The average molecular weight is 368 g/mol. The van der Waals surface area contributed by atoms with Crippen LogP contribution in [0, 0.1) is 5.92 Å². The summed E-state index contributed by atoms with van der Waals surface area (Å²) in [5.41, 5.74) is 0. The Bertz CT molecular complexity index is 714. The van der Waals surface area contributed by atoms with Gasteiger partial charge in [-0.1, -0.05) is 32.0 Å². The number of amides is 1. The van der Waals surface area contributed by atoms with Gasteiger partial charge in [-0.25, -0.2) is 8.42 Å². The number of carbonyl (C=O) groups is 2. The normalized spacial score (nSPS) is 17.0. The third-order valence-electron chi connectivity index (χ3n) is 3.84. The Morgan fingerprint density at radius 3 is 2.24 bits per heavy atom. The molecule has 0 saturated heterocycles. The molecule has 1 aliphatic rings. The molecule has 1 saturated carbocycles. The number of carbonyl (C=O) groups excluding carboxylic acids is 2. The van der Waals surface area contributed by atoms with Crippen molar-refractivity contribution < 1.29 is 22.7 Å². The molecule has 0 spiro atoms. The van der Waals surface area contributed by atoms with E-state index in [2.05, 4.69) is 10.0 Å². The molecule has 1 amide bonds. The molecule has 2 atom stereocenters. The van der Waals surface area contributed by atoms with Gasteiger partial charge in [0, 0.05) is 6.04 Å². The van der Waals surface area contributed by atoms with Gasteiger partial charge in [-0.05, 0) is 37.8 Å². The number of nitrogens with one attached hydrogen (secondary N) is 2. The van der Waals surface area contributed by atoms with Crippen molar-refractivity contribution in [2.75, 3.05) is 0 Å². The van der Waals surface area contributed by atoms with Crippen LogP contribution < -0.4 is 10.0 Å². The van der Waals surface area contributed by atoms with Crippen molar-refractivity contribution in [1.29, 1.82) is 0 Å². The Morgan fingerprint density at radius 1 is 1.12 bits per heavy atom. The number of esters is 1. The van der Waals surface area contributed by atoms with E-state index in [1.807, 2.05) is 0 Å². The molecule has 8 heteroatoms. The SMILES string of the molecule is CC(OC(=O)C(NS(=O)(=O)c1ccccc1)C(C)C)C(=O)NC1CC1. The highest BCUT2D eigenvalue weighted by molar-refractivity contribution is 7.89. The second kappa shape index (κ2) is 7.97. The molecule has 1 aromatic carbocycles. The Hall–Kier alpha value is -1.93. The molecule has 25 heavy (non-hydrogen) atoms. The fraction of sp³-hybridized carbons (Fsp3) is 0.529. The minimum absolute atomic E-state index is 0.0629. The lowest BCUT2D eigenvalue weighted by molar-refractivity contribution is -0.157. The zero-order valence-corrected chi connectivity index (χ0v) is 15.4. The standard InChI is InChI=1S/C17H24N2O5S/c1-11(2)15(19-25(22,23)14-7-5-4-6-8-14)17(21)24-12(3)16(20)18-13-9-10-13/h4-8,11-13,15,19H,9-10H2,1-3H3,(H,18,20). The molecular formula is C17H24N2O5S. The third kappa shape index (κ3) is 5.54. The van der Waals surface area contributed by atoms with Crippen LogP contribution in [-0.2, 0) is 24.3 Å². The molecule has 0 aromatic heterocycles. The van der Waals surface area contributed by atoms with E-state index in [1.54, 1.807) is 32.0 Å². The molecule has 0 heterocycles. The molecule has 2 unspecified atom stereocenters. The first kappa shape index (κ1) is 19.4. The van der Waals surface area contributed by atoms with Crippen LogP contribution in [0.25, 0.3) is 0 Å². The van der Waals surface area contributed by atoms with Crippen LogP contribution in [0.15, 0.2) is 35.2 Å². The van der Waals surface area contributed by atoms with Gasteiger partial charge in [-0.2, -0.15) is 4.72 Å². The van der Waals surface area contributed by atoms with Crippen molar-refractivity contribution in [1.82, 2.24) is 10.0 Å². The van der Waals surface area contributed by atoms with Gasteiger partial charge in [0.15, 0.2) is 6.10 Å². The number of hydrogen-bond donors (Lipinski definition) is 2. The maximum atomic E-state index is 12.4. The van der Waals surface area contributed by atoms with Crippen LogP contribution in [0.2, 0.25) is 0 Å². The van der Waals surface area contributed by atoms with Gasteiger partial charge in [-0.15, -0.1) is 0 Å².